The van der Waals surface area contributed by atoms with Gasteiger partial charge in [0.25, 0.3) is 0 Å². The van der Waals surface area contributed by atoms with E-state index in [-0.39, 0.29) is 24.3 Å². The van der Waals surface area contributed by atoms with E-state index in [0.29, 0.717) is 40.7 Å². The number of halogens is 1. The summed E-state index contributed by atoms with van der Waals surface area (Å²) in [6, 6.07) is 17.7. The van der Waals surface area contributed by atoms with Crippen LogP contribution in [-0.2, 0) is 21.6 Å². The number of nitrogens with zero attached hydrogens (tertiary/aromatic N) is 2. The van der Waals surface area contributed by atoms with Gasteiger partial charge in [0.15, 0.2) is 11.5 Å². The lowest BCUT2D eigenvalue weighted by Gasteiger charge is -2.44. The molecule has 2 heterocycles. The number of aliphatic hydroxyl groups excluding tert-OH is 1. The molecule has 2 aliphatic heterocycles. The molecular formula is C34H39ClN2O6. The summed E-state index contributed by atoms with van der Waals surface area (Å²) in [6.07, 6.45) is 2.45. The maximum atomic E-state index is 13.9. The molecule has 3 aromatic carbocycles. The van der Waals surface area contributed by atoms with Crippen molar-refractivity contribution in [2.75, 3.05) is 25.2 Å². The summed E-state index contributed by atoms with van der Waals surface area (Å²) in [7, 11) is 1.59. The van der Waals surface area contributed by atoms with Crippen LogP contribution in [0.4, 0.5) is 5.69 Å². The molecule has 1 fully saturated rings. The van der Waals surface area contributed by atoms with Crippen LogP contribution in [-0.4, -0.2) is 59.3 Å². The zero-order valence-electron chi connectivity index (χ0n) is 25.0. The van der Waals surface area contributed by atoms with Crippen molar-refractivity contribution in [1.82, 2.24) is 4.90 Å². The fourth-order valence-electron chi connectivity index (χ4n) is 6.39. The van der Waals surface area contributed by atoms with Crippen LogP contribution in [0.5, 0.6) is 11.5 Å². The van der Waals surface area contributed by atoms with E-state index in [1.54, 1.807) is 23.8 Å². The topological polar surface area (TPSA) is 99.5 Å². The highest BCUT2D eigenvalue weighted by molar-refractivity contribution is 6.30. The van der Waals surface area contributed by atoms with E-state index in [1.165, 1.54) is 0 Å². The maximum absolute atomic E-state index is 13.9. The Morgan fingerprint density at radius 3 is 2.40 bits per heavy atom. The van der Waals surface area contributed by atoms with Gasteiger partial charge in [0.2, 0.25) is 11.8 Å². The number of likely N-dealkylation sites (tertiary alicyclic amines) is 1. The Bertz CT molecular complexity index is 1470. The number of fused-ring (bicyclic) bond motifs is 1. The summed E-state index contributed by atoms with van der Waals surface area (Å²) >= 11 is 6.24. The van der Waals surface area contributed by atoms with E-state index in [2.05, 4.69) is 0 Å². The van der Waals surface area contributed by atoms with Crippen LogP contribution < -0.4 is 14.4 Å². The zero-order valence-corrected chi connectivity index (χ0v) is 25.8. The average molecular weight is 607 g/mol. The summed E-state index contributed by atoms with van der Waals surface area (Å²) in [5.41, 5.74) is 2.62. The highest BCUT2D eigenvalue weighted by Gasteiger charge is 2.41. The summed E-state index contributed by atoms with van der Waals surface area (Å²) in [4.78, 5) is 29.7. The third-order valence-electron chi connectivity index (χ3n) is 8.47. The number of carbonyl (C=O) groups is 2. The molecule has 0 radical (unpaired) electrons. The Labute approximate surface area is 257 Å². The van der Waals surface area contributed by atoms with Crippen molar-refractivity contribution in [3.8, 4) is 11.5 Å². The van der Waals surface area contributed by atoms with E-state index in [9.17, 15) is 19.8 Å². The standard InChI is InChI=1S/C34H39ClN2O6/c1-21(2)43-29-19-27-23(17-28(29)42-4)18-31(39)37(33(27)22-8-12-25(35)13-9-22)26-14-10-24(11-15-26)34(3,41)30-7-5-6-16-36(30)32(40)20-38/h8-15,17,19,21,30,33,38,41H,5-7,16,18,20H2,1-4H3/t30?,33?,34-/m0/s1. The quantitative estimate of drug-likeness (QED) is 0.356. The zero-order chi connectivity index (χ0) is 30.9. The molecule has 3 aromatic rings. The van der Waals surface area contributed by atoms with E-state index in [0.717, 1.165) is 29.5 Å². The van der Waals surface area contributed by atoms with Gasteiger partial charge in [-0.3, -0.25) is 9.59 Å². The number of piperidine rings is 1. The van der Waals surface area contributed by atoms with Crippen LogP contribution in [0.3, 0.4) is 0 Å². The molecular weight excluding hydrogens is 568 g/mol. The smallest absolute Gasteiger partial charge is 0.248 e. The van der Waals surface area contributed by atoms with Gasteiger partial charge in [0.1, 0.15) is 12.2 Å². The van der Waals surface area contributed by atoms with Gasteiger partial charge in [-0.25, -0.2) is 0 Å². The minimum Gasteiger partial charge on any atom is -0.493 e. The molecule has 43 heavy (non-hydrogen) atoms. The number of rotatable bonds is 8. The first-order valence-electron chi connectivity index (χ1n) is 14.7. The SMILES string of the molecule is COc1cc2c(cc1OC(C)C)C(c1ccc(Cl)cc1)N(c1ccc([C@](C)(O)C3CCCCN3C(=O)CO)cc1)C(=O)C2. The van der Waals surface area contributed by atoms with Gasteiger partial charge in [0, 0.05) is 17.3 Å². The van der Waals surface area contributed by atoms with Gasteiger partial charge >= 0.3 is 0 Å². The molecule has 8 nitrogen and oxygen atoms in total. The second kappa shape index (κ2) is 12.6. The minimum atomic E-state index is -1.35. The van der Waals surface area contributed by atoms with Gasteiger partial charge < -0.3 is 29.5 Å². The molecule has 0 bridgehead atoms. The van der Waals surface area contributed by atoms with Crippen molar-refractivity contribution >= 4 is 29.1 Å². The van der Waals surface area contributed by atoms with Crippen LogP contribution in [0.2, 0.25) is 5.02 Å². The molecule has 0 saturated carbocycles. The average Bonchev–Trinajstić information content (AvgIpc) is 3.00. The van der Waals surface area contributed by atoms with Crippen molar-refractivity contribution in [1.29, 1.82) is 0 Å². The van der Waals surface area contributed by atoms with Gasteiger partial charge in [-0.15, -0.1) is 0 Å². The third kappa shape index (κ3) is 6.09. The number of anilines is 1. The number of amides is 2. The van der Waals surface area contributed by atoms with Crippen LogP contribution in [0, 0.1) is 0 Å². The Morgan fingerprint density at radius 2 is 1.77 bits per heavy atom. The summed E-state index contributed by atoms with van der Waals surface area (Å²) in [6.45, 7) is 5.52. The lowest BCUT2D eigenvalue weighted by Crippen LogP contribution is -2.54. The first-order valence-corrected chi connectivity index (χ1v) is 15.1. The lowest BCUT2D eigenvalue weighted by molar-refractivity contribution is -0.146. The van der Waals surface area contributed by atoms with Gasteiger partial charge in [-0.2, -0.15) is 0 Å². The molecule has 2 aliphatic rings. The van der Waals surface area contributed by atoms with Crippen molar-refractivity contribution < 1.29 is 29.3 Å². The normalized spacial score (nSPS) is 20.0. The first kappa shape index (κ1) is 30.9. The number of methoxy groups -OCH3 is 1. The van der Waals surface area contributed by atoms with Crippen LogP contribution in [0.25, 0.3) is 0 Å². The predicted octanol–water partition coefficient (Wildman–Crippen LogP) is 5.40. The van der Waals surface area contributed by atoms with E-state index in [1.807, 2.05) is 74.5 Å². The van der Waals surface area contributed by atoms with Crippen LogP contribution in [0.1, 0.15) is 68.3 Å². The van der Waals surface area contributed by atoms with Crippen molar-refractivity contribution in [2.24, 2.45) is 0 Å². The molecule has 2 N–H and O–H groups in total. The Balaban J connectivity index is 1.56. The monoisotopic (exact) mass is 606 g/mol. The van der Waals surface area contributed by atoms with Gasteiger partial charge in [0.05, 0.1) is 31.7 Å². The Kier molecular flexibility index (Phi) is 9.02. The second-order valence-electron chi connectivity index (χ2n) is 11.7. The Hall–Kier alpha value is -3.59. The maximum Gasteiger partial charge on any atom is 0.248 e. The number of aliphatic hydroxyl groups is 2. The summed E-state index contributed by atoms with van der Waals surface area (Å²) in [5.74, 6) is 0.706. The van der Waals surface area contributed by atoms with Crippen molar-refractivity contribution in [3.63, 3.8) is 0 Å². The molecule has 2 amide bonds. The molecule has 0 spiro atoms. The van der Waals surface area contributed by atoms with Gasteiger partial charge in [-0.1, -0.05) is 35.9 Å². The third-order valence-corrected chi connectivity index (χ3v) is 8.73. The fraction of sp³-hybridized carbons (Fsp3) is 0.412. The lowest BCUT2D eigenvalue weighted by atomic mass is 9.82. The summed E-state index contributed by atoms with van der Waals surface area (Å²) in [5, 5.41) is 21.8. The predicted molar refractivity (Wildman–Crippen MR) is 166 cm³/mol. The second-order valence-corrected chi connectivity index (χ2v) is 12.2. The van der Waals surface area contributed by atoms with Crippen molar-refractivity contribution in [2.45, 2.75) is 70.2 Å². The number of hydrogen-bond donors (Lipinski definition) is 2. The number of carbonyl (C=O) groups excluding carboxylic acids is 2. The molecule has 9 heteroatoms. The minimum absolute atomic E-state index is 0.0737. The largest absolute Gasteiger partial charge is 0.493 e. The molecule has 5 rings (SSSR count). The number of hydrogen-bond acceptors (Lipinski definition) is 6. The van der Waals surface area contributed by atoms with E-state index in [4.69, 9.17) is 21.1 Å². The molecule has 0 aromatic heterocycles. The highest BCUT2D eigenvalue weighted by atomic mass is 35.5. The van der Waals surface area contributed by atoms with Gasteiger partial charge in [-0.05, 0) is 98.7 Å². The van der Waals surface area contributed by atoms with Crippen LogP contribution >= 0.6 is 11.6 Å². The molecule has 1 saturated heterocycles. The molecule has 0 aliphatic carbocycles. The summed E-state index contributed by atoms with van der Waals surface area (Å²) < 4.78 is 11.7. The first-order chi connectivity index (χ1) is 20.5. The fourth-order valence-corrected chi connectivity index (χ4v) is 6.51. The Morgan fingerprint density at radius 1 is 1.07 bits per heavy atom. The van der Waals surface area contributed by atoms with E-state index < -0.39 is 24.3 Å². The van der Waals surface area contributed by atoms with E-state index >= 15 is 0 Å². The number of benzene rings is 3. The molecule has 2 unspecified atom stereocenters. The molecule has 3 atom stereocenters. The van der Waals surface area contributed by atoms with Crippen molar-refractivity contribution in [3.05, 3.63) is 87.9 Å². The van der Waals surface area contributed by atoms with Crippen LogP contribution in [0.15, 0.2) is 60.7 Å². The number of ether oxygens (including phenoxy) is 2. The highest BCUT2D eigenvalue weighted by Crippen LogP contribution is 2.44. The molecule has 228 valence electrons.